The van der Waals surface area contributed by atoms with Gasteiger partial charge in [0.1, 0.15) is 10.9 Å². The van der Waals surface area contributed by atoms with Crippen LogP contribution in [0.4, 0.5) is 0 Å². The summed E-state index contributed by atoms with van der Waals surface area (Å²) in [6, 6.07) is 6.13. The molecule has 0 saturated carbocycles. The molecule has 2 aromatic rings. The zero-order valence-corrected chi connectivity index (χ0v) is 12.4. The summed E-state index contributed by atoms with van der Waals surface area (Å²) in [6.45, 7) is 6.38. The Bertz CT molecular complexity index is 577. The Kier molecular flexibility index (Phi) is 4.53. The molecule has 0 aliphatic heterocycles. The quantitative estimate of drug-likeness (QED) is 0.774. The van der Waals surface area contributed by atoms with Crippen LogP contribution in [0.25, 0.3) is 10.2 Å². The van der Waals surface area contributed by atoms with Gasteiger partial charge in [0, 0.05) is 0 Å². The fraction of sp³-hybridized carbons (Fsp3) is 0.467. The Hall–Kier alpha value is -1.42. The van der Waals surface area contributed by atoms with Crippen LogP contribution in [-0.2, 0) is 9.53 Å². The second-order valence-corrected chi connectivity index (χ2v) is 5.63. The summed E-state index contributed by atoms with van der Waals surface area (Å²) in [5.41, 5.74) is 2.16. The standard InChI is InChI=1S/C15H19NO2S/c1-4-7-11(15(17)18-5-2)14-16-13-10(3)8-6-9-12(13)19-14/h6,8-9,11H,4-5,7H2,1-3H3. The van der Waals surface area contributed by atoms with Crippen molar-refractivity contribution in [2.45, 2.75) is 39.5 Å². The molecule has 0 N–H and O–H groups in total. The first-order chi connectivity index (χ1) is 9.17. The van der Waals surface area contributed by atoms with Crippen molar-refractivity contribution in [3.8, 4) is 0 Å². The van der Waals surface area contributed by atoms with Crippen LogP contribution in [0, 0.1) is 6.92 Å². The minimum atomic E-state index is -0.221. The van der Waals surface area contributed by atoms with Gasteiger partial charge >= 0.3 is 5.97 Å². The van der Waals surface area contributed by atoms with Gasteiger partial charge in [-0.3, -0.25) is 4.79 Å². The molecule has 3 nitrogen and oxygen atoms in total. The molecular weight excluding hydrogens is 258 g/mol. The van der Waals surface area contributed by atoms with Crippen molar-refractivity contribution >= 4 is 27.5 Å². The highest BCUT2D eigenvalue weighted by Crippen LogP contribution is 2.32. The Morgan fingerprint density at radius 3 is 2.84 bits per heavy atom. The summed E-state index contributed by atoms with van der Waals surface area (Å²) in [6.07, 6.45) is 1.73. The van der Waals surface area contributed by atoms with Crippen molar-refractivity contribution in [2.75, 3.05) is 6.61 Å². The summed E-state index contributed by atoms with van der Waals surface area (Å²) in [7, 11) is 0. The maximum Gasteiger partial charge on any atom is 0.315 e. The molecule has 0 spiro atoms. The predicted octanol–water partition coefficient (Wildman–Crippen LogP) is 4.05. The molecule has 102 valence electrons. The van der Waals surface area contributed by atoms with Crippen molar-refractivity contribution in [3.05, 3.63) is 28.8 Å². The monoisotopic (exact) mass is 277 g/mol. The number of esters is 1. The van der Waals surface area contributed by atoms with E-state index in [4.69, 9.17) is 4.74 Å². The highest BCUT2D eigenvalue weighted by atomic mass is 32.1. The molecule has 0 aliphatic rings. The van der Waals surface area contributed by atoms with Crippen molar-refractivity contribution in [1.82, 2.24) is 4.98 Å². The smallest absolute Gasteiger partial charge is 0.315 e. The van der Waals surface area contributed by atoms with E-state index in [1.165, 1.54) is 0 Å². The lowest BCUT2D eigenvalue weighted by Gasteiger charge is -2.11. The fourth-order valence-corrected chi connectivity index (χ4v) is 3.29. The Balaban J connectivity index is 2.38. The van der Waals surface area contributed by atoms with E-state index in [0.29, 0.717) is 6.61 Å². The lowest BCUT2D eigenvalue weighted by atomic mass is 10.1. The average Bonchev–Trinajstić information content (AvgIpc) is 2.81. The van der Waals surface area contributed by atoms with Gasteiger partial charge in [0.25, 0.3) is 0 Å². The number of para-hydroxylation sites is 1. The molecule has 1 aromatic heterocycles. The van der Waals surface area contributed by atoms with Crippen molar-refractivity contribution in [3.63, 3.8) is 0 Å². The number of rotatable bonds is 5. The molecule has 0 saturated heterocycles. The molecule has 1 aromatic carbocycles. The van der Waals surface area contributed by atoms with Crippen LogP contribution >= 0.6 is 11.3 Å². The molecule has 0 aliphatic carbocycles. The van der Waals surface area contributed by atoms with Gasteiger partial charge in [0.15, 0.2) is 0 Å². The molecule has 2 rings (SSSR count). The van der Waals surface area contributed by atoms with Gasteiger partial charge in [-0.2, -0.15) is 0 Å². The molecule has 0 fully saturated rings. The highest BCUT2D eigenvalue weighted by molar-refractivity contribution is 7.18. The largest absolute Gasteiger partial charge is 0.465 e. The van der Waals surface area contributed by atoms with Crippen molar-refractivity contribution in [2.24, 2.45) is 0 Å². The van der Waals surface area contributed by atoms with Gasteiger partial charge in [-0.15, -0.1) is 11.3 Å². The van der Waals surface area contributed by atoms with Gasteiger partial charge in [-0.25, -0.2) is 4.98 Å². The van der Waals surface area contributed by atoms with Crippen molar-refractivity contribution < 1.29 is 9.53 Å². The third-order valence-corrected chi connectivity index (χ3v) is 4.22. The lowest BCUT2D eigenvalue weighted by Crippen LogP contribution is -2.15. The van der Waals surface area contributed by atoms with Gasteiger partial charge in [-0.05, 0) is 31.9 Å². The number of hydrogen-bond acceptors (Lipinski definition) is 4. The van der Waals surface area contributed by atoms with Gasteiger partial charge in [0.2, 0.25) is 0 Å². The summed E-state index contributed by atoms with van der Waals surface area (Å²) in [4.78, 5) is 16.7. The second-order valence-electron chi connectivity index (χ2n) is 4.57. The van der Waals surface area contributed by atoms with E-state index in [1.54, 1.807) is 11.3 Å². The zero-order valence-electron chi connectivity index (χ0n) is 11.6. The number of benzene rings is 1. The van der Waals surface area contributed by atoms with Gasteiger partial charge in [-0.1, -0.05) is 25.5 Å². The average molecular weight is 277 g/mol. The molecular formula is C15H19NO2S. The number of thiazole rings is 1. The van der Waals surface area contributed by atoms with Crippen LogP contribution in [0.5, 0.6) is 0 Å². The number of carbonyl (C=O) groups is 1. The molecule has 19 heavy (non-hydrogen) atoms. The first-order valence-corrected chi connectivity index (χ1v) is 7.51. The topological polar surface area (TPSA) is 39.2 Å². The number of aryl methyl sites for hydroxylation is 1. The van der Waals surface area contributed by atoms with E-state index in [1.807, 2.05) is 26.0 Å². The third-order valence-electron chi connectivity index (χ3n) is 3.08. The zero-order chi connectivity index (χ0) is 13.8. The van der Waals surface area contributed by atoms with Crippen LogP contribution in [-0.4, -0.2) is 17.6 Å². The summed E-state index contributed by atoms with van der Waals surface area (Å²) >= 11 is 1.60. The van der Waals surface area contributed by atoms with E-state index in [9.17, 15) is 4.79 Å². The van der Waals surface area contributed by atoms with Crippen LogP contribution < -0.4 is 0 Å². The van der Waals surface area contributed by atoms with Crippen molar-refractivity contribution in [1.29, 1.82) is 0 Å². The molecule has 0 bridgehead atoms. The van der Waals surface area contributed by atoms with Crippen LogP contribution in [0.1, 0.15) is 43.2 Å². The number of aromatic nitrogens is 1. The number of fused-ring (bicyclic) bond motifs is 1. The third kappa shape index (κ3) is 2.95. The first-order valence-electron chi connectivity index (χ1n) is 6.70. The number of nitrogens with zero attached hydrogens (tertiary/aromatic N) is 1. The fourth-order valence-electron chi connectivity index (χ4n) is 2.13. The normalized spacial score (nSPS) is 12.6. The number of carbonyl (C=O) groups excluding carboxylic acids is 1. The first kappa shape index (κ1) is 14.0. The molecule has 1 atom stereocenters. The summed E-state index contributed by atoms with van der Waals surface area (Å²) < 4.78 is 6.30. The van der Waals surface area contributed by atoms with E-state index in [0.717, 1.165) is 33.6 Å². The maximum atomic E-state index is 12.0. The summed E-state index contributed by atoms with van der Waals surface area (Å²) in [5.74, 6) is -0.372. The Morgan fingerprint density at radius 2 is 2.21 bits per heavy atom. The van der Waals surface area contributed by atoms with E-state index < -0.39 is 0 Å². The minimum absolute atomic E-state index is 0.152. The van der Waals surface area contributed by atoms with E-state index in [2.05, 4.69) is 18.0 Å². The van der Waals surface area contributed by atoms with Crippen LogP contribution in [0.3, 0.4) is 0 Å². The molecule has 0 radical (unpaired) electrons. The highest BCUT2D eigenvalue weighted by Gasteiger charge is 2.24. The van der Waals surface area contributed by atoms with E-state index in [-0.39, 0.29) is 11.9 Å². The SMILES string of the molecule is CCCC(C(=O)OCC)c1nc2c(C)cccc2s1. The molecule has 1 heterocycles. The molecule has 0 amide bonds. The Labute approximate surface area is 117 Å². The van der Waals surface area contributed by atoms with E-state index >= 15 is 0 Å². The maximum absolute atomic E-state index is 12.0. The van der Waals surface area contributed by atoms with Gasteiger partial charge in [0.05, 0.1) is 16.8 Å². The molecule has 1 unspecified atom stereocenters. The van der Waals surface area contributed by atoms with Crippen LogP contribution in [0.15, 0.2) is 18.2 Å². The lowest BCUT2D eigenvalue weighted by molar-refractivity contribution is -0.145. The van der Waals surface area contributed by atoms with Gasteiger partial charge < -0.3 is 4.74 Å². The minimum Gasteiger partial charge on any atom is -0.465 e. The van der Waals surface area contributed by atoms with Crippen LogP contribution in [0.2, 0.25) is 0 Å². The second kappa shape index (κ2) is 6.15. The number of hydrogen-bond donors (Lipinski definition) is 0. The Morgan fingerprint density at radius 1 is 1.42 bits per heavy atom. The molecule has 4 heteroatoms. The number of ether oxygens (including phenoxy) is 1. The summed E-state index contributed by atoms with van der Waals surface area (Å²) in [5, 5.41) is 0.879. The predicted molar refractivity (Wildman–Crippen MR) is 78.6 cm³/mol.